The molecule has 3 saturated heterocycles. The number of fused-ring (bicyclic) bond motifs is 2. The average molecular weight is 269 g/mol. The van der Waals surface area contributed by atoms with Gasteiger partial charge in [-0.25, -0.2) is 0 Å². The Morgan fingerprint density at radius 1 is 1.45 bits per heavy atom. The Bertz CT molecular complexity index is 559. The maximum atomic E-state index is 9.04. The smallest absolute Gasteiger partial charge is 0.0992 e. The quantitative estimate of drug-likeness (QED) is 0.774. The Balaban J connectivity index is 1.59. The largest absolute Gasteiger partial charge is 0.369 e. The van der Waals surface area contributed by atoms with Gasteiger partial charge in [0.05, 0.1) is 29.5 Å². The minimum atomic E-state index is 0.226. The highest BCUT2D eigenvalue weighted by Gasteiger charge is 2.56. The minimum absolute atomic E-state index is 0.226. The molecule has 1 spiro atoms. The maximum absolute atomic E-state index is 9.04. The summed E-state index contributed by atoms with van der Waals surface area (Å²) < 4.78 is 5.70. The molecule has 3 aliphatic heterocycles. The average Bonchev–Trinajstić information content (AvgIpc) is 3.16. The van der Waals surface area contributed by atoms with Crippen LogP contribution in [-0.2, 0) is 4.74 Å². The topological polar surface area (TPSA) is 52.5 Å². The number of piperidine rings is 1. The minimum Gasteiger partial charge on any atom is -0.369 e. The van der Waals surface area contributed by atoms with Crippen molar-refractivity contribution in [3.8, 4) is 6.07 Å². The summed E-state index contributed by atoms with van der Waals surface area (Å²) in [7, 11) is 0. The number of rotatable bonds is 2. The zero-order chi connectivity index (χ0) is 13.7. The molecule has 4 heteroatoms. The zero-order valence-corrected chi connectivity index (χ0v) is 11.7. The molecule has 4 atom stereocenters. The highest BCUT2D eigenvalue weighted by Crippen LogP contribution is 2.51. The van der Waals surface area contributed by atoms with Gasteiger partial charge in [0, 0.05) is 24.3 Å². The van der Waals surface area contributed by atoms with Crippen LogP contribution in [0.1, 0.15) is 49.9 Å². The van der Waals surface area contributed by atoms with Crippen LogP contribution in [0.3, 0.4) is 0 Å². The maximum Gasteiger partial charge on any atom is 0.0992 e. The first kappa shape index (κ1) is 12.3. The van der Waals surface area contributed by atoms with Gasteiger partial charge in [0.25, 0.3) is 0 Å². The molecule has 4 heterocycles. The Morgan fingerprint density at radius 3 is 2.75 bits per heavy atom. The second-order valence-corrected chi connectivity index (χ2v) is 6.47. The third-order valence-electron chi connectivity index (χ3n) is 5.23. The van der Waals surface area contributed by atoms with Crippen molar-refractivity contribution in [3.05, 3.63) is 29.6 Å². The zero-order valence-electron chi connectivity index (χ0n) is 11.7. The number of aromatic nitrogens is 1. The standard InChI is InChI=1S/C16H19N3O/c1-11(15-6-12(9-17)4-5-18-15)19-13-2-3-14(19)8-16(7-13)10-20-16/h4-6,11,13-14H,2-3,7-8,10H2,1H3/t11?,13-,14+,16?. The number of hydrogen-bond acceptors (Lipinski definition) is 4. The van der Waals surface area contributed by atoms with E-state index in [1.165, 1.54) is 25.7 Å². The van der Waals surface area contributed by atoms with E-state index in [-0.39, 0.29) is 11.6 Å². The highest BCUT2D eigenvalue weighted by atomic mass is 16.6. The molecule has 3 aliphatic rings. The SMILES string of the molecule is CC(c1cc(C#N)ccn1)N1[C@@H]2CC[C@H]1CC1(CO1)C2. The first-order chi connectivity index (χ1) is 9.71. The van der Waals surface area contributed by atoms with Gasteiger partial charge in [-0.2, -0.15) is 5.26 Å². The van der Waals surface area contributed by atoms with Gasteiger partial charge in [-0.15, -0.1) is 0 Å². The number of ether oxygens (including phenoxy) is 1. The summed E-state index contributed by atoms with van der Waals surface area (Å²) in [5.74, 6) is 0. The van der Waals surface area contributed by atoms with Gasteiger partial charge in [0.1, 0.15) is 0 Å². The first-order valence-electron chi connectivity index (χ1n) is 7.48. The van der Waals surface area contributed by atoms with E-state index in [9.17, 15) is 0 Å². The molecule has 1 aromatic rings. The number of hydrogen-bond donors (Lipinski definition) is 0. The Labute approximate surface area is 119 Å². The number of pyridine rings is 1. The van der Waals surface area contributed by atoms with E-state index in [2.05, 4.69) is 22.9 Å². The van der Waals surface area contributed by atoms with Gasteiger partial charge < -0.3 is 4.74 Å². The van der Waals surface area contributed by atoms with Crippen molar-refractivity contribution < 1.29 is 4.74 Å². The summed E-state index contributed by atoms with van der Waals surface area (Å²) >= 11 is 0. The van der Waals surface area contributed by atoms with Crippen molar-refractivity contribution in [2.45, 2.75) is 56.3 Å². The van der Waals surface area contributed by atoms with Crippen molar-refractivity contribution in [2.75, 3.05) is 6.61 Å². The fourth-order valence-electron chi connectivity index (χ4n) is 4.21. The van der Waals surface area contributed by atoms with Crippen LogP contribution in [0, 0.1) is 11.3 Å². The predicted octanol–water partition coefficient (Wildman–Crippen LogP) is 2.41. The molecule has 1 aromatic heterocycles. The van der Waals surface area contributed by atoms with Crippen molar-refractivity contribution in [2.24, 2.45) is 0 Å². The third kappa shape index (κ3) is 1.85. The normalized spacial score (nSPS) is 36.8. The second-order valence-electron chi connectivity index (χ2n) is 6.47. The van der Waals surface area contributed by atoms with E-state index in [1.807, 2.05) is 6.07 Å². The van der Waals surface area contributed by atoms with E-state index >= 15 is 0 Å². The van der Waals surface area contributed by atoms with Crippen LogP contribution in [-0.4, -0.2) is 34.2 Å². The fraction of sp³-hybridized carbons (Fsp3) is 0.625. The lowest BCUT2D eigenvalue weighted by molar-refractivity contribution is 0.0477. The molecule has 0 amide bonds. The molecule has 4 rings (SSSR count). The van der Waals surface area contributed by atoms with Crippen LogP contribution >= 0.6 is 0 Å². The fourth-order valence-corrected chi connectivity index (χ4v) is 4.21. The predicted molar refractivity (Wildman–Crippen MR) is 73.9 cm³/mol. The lowest BCUT2D eigenvalue weighted by Crippen LogP contribution is -2.47. The van der Waals surface area contributed by atoms with Gasteiger partial charge >= 0.3 is 0 Å². The molecular formula is C16H19N3O. The molecule has 0 N–H and O–H groups in total. The molecule has 0 aromatic carbocycles. The van der Waals surface area contributed by atoms with E-state index in [0.717, 1.165) is 12.3 Å². The van der Waals surface area contributed by atoms with Crippen LogP contribution in [0.4, 0.5) is 0 Å². The van der Waals surface area contributed by atoms with E-state index in [1.54, 1.807) is 12.3 Å². The van der Waals surface area contributed by atoms with E-state index < -0.39 is 0 Å². The molecule has 0 aliphatic carbocycles. The van der Waals surface area contributed by atoms with Gasteiger partial charge in [-0.1, -0.05) is 0 Å². The van der Waals surface area contributed by atoms with Gasteiger partial charge in [-0.3, -0.25) is 9.88 Å². The number of epoxide rings is 1. The summed E-state index contributed by atoms with van der Waals surface area (Å²) in [5, 5.41) is 9.04. The number of nitrogens with zero attached hydrogens (tertiary/aromatic N) is 3. The van der Waals surface area contributed by atoms with Crippen LogP contribution in [0.25, 0.3) is 0 Å². The van der Waals surface area contributed by atoms with Crippen molar-refractivity contribution in [3.63, 3.8) is 0 Å². The van der Waals surface area contributed by atoms with Gasteiger partial charge in [-0.05, 0) is 44.7 Å². The molecule has 20 heavy (non-hydrogen) atoms. The molecule has 104 valence electrons. The molecule has 4 nitrogen and oxygen atoms in total. The van der Waals surface area contributed by atoms with Crippen LogP contribution in [0.15, 0.2) is 18.3 Å². The van der Waals surface area contributed by atoms with Crippen molar-refractivity contribution in [1.82, 2.24) is 9.88 Å². The molecule has 2 unspecified atom stereocenters. The Kier molecular flexibility index (Phi) is 2.63. The summed E-state index contributed by atoms with van der Waals surface area (Å²) in [5.41, 5.74) is 1.95. The molecule has 3 fully saturated rings. The van der Waals surface area contributed by atoms with Crippen LogP contribution in [0.2, 0.25) is 0 Å². The summed E-state index contributed by atoms with van der Waals surface area (Å²) in [4.78, 5) is 7.11. The lowest BCUT2D eigenvalue weighted by atomic mass is 9.89. The highest BCUT2D eigenvalue weighted by molar-refractivity contribution is 5.30. The van der Waals surface area contributed by atoms with E-state index in [0.29, 0.717) is 17.6 Å². The second kappa shape index (κ2) is 4.28. The van der Waals surface area contributed by atoms with Crippen LogP contribution in [0.5, 0.6) is 0 Å². The Hall–Kier alpha value is -1.44. The third-order valence-corrected chi connectivity index (χ3v) is 5.23. The van der Waals surface area contributed by atoms with Gasteiger partial charge in [0.2, 0.25) is 0 Å². The lowest BCUT2D eigenvalue weighted by Gasteiger charge is -2.41. The summed E-state index contributed by atoms with van der Waals surface area (Å²) in [6.45, 7) is 3.19. The van der Waals surface area contributed by atoms with Crippen molar-refractivity contribution in [1.29, 1.82) is 5.26 Å². The van der Waals surface area contributed by atoms with Gasteiger partial charge in [0.15, 0.2) is 0 Å². The first-order valence-corrected chi connectivity index (χ1v) is 7.48. The summed E-state index contributed by atoms with van der Waals surface area (Å²) in [6.07, 6.45) is 6.65. The van der Waals surface area contributed by atoms with Crippen molar-refractivity contribution >= 4 is 0 Å². The monoisotopic (exact) mass is 269 g/mol. The molecule has 0 saturated carbocycles. The molecule has 0 radical (unpaired) electrons. The Morgan fingerprint density at radius 2 is 2.15 bits per heavy atom. The van der Waals surface area contributed by atoms with Crippen LogP contribution < -0.4 is 0 Å². The molecule has 2 bridgehead atoms. The number of nitriles is 1. The summed E-state index contributed by atoms with van der Waals surface area (Å²) in [6, 6.07) is 7.45. The molecular weight excluding hydrogens is 250 g/mol. The van der Waals surface area contributed by atoms with E-state index in [4.69, 9.17) is 10.00 Å².